The van der Waals surface area contributed by atoms with Crippen LogP contribution in [0.1, 0.15) is 28.3 Å². The minimum atomic E-state index is 0.0902. The molecule has 1 heterocycles. The molecule has 0 saturated heterocycles. The fraction of sp³-hybridized carbons (Fsp3) is 0.294. The maximum Gasteiger partial charge on any atom is 0.247 e. The van der Waals surface area contributed by atoms with Crippen molar-refractivity contribution >= 4 is 23.3 Å². The molecule has 108 valence electrons. The largest absolute Gasteiger partial charge is 0.332 e. The Morgan fingerprint density at radius 2 is 2.14 bits per heavy atom. The van der Waals surface area contributed by atoms with Gasteiger partial charge in [0.2, 0.25) is 5.91 Å². The summed E-state index contributed by atoms with van der Waals surface area (Å²) in [6.45, 7) is 2.66. The smallest absolute Gasteiger partial charge is 0.247 e. The van der Waals surface area contributed by atoms with Gasteiger partial charge in [-0.15, -0.1) is 11.3 Å². The highest BCUT2D eigenvalue weighted by Crippen LogP contribution is 2.28. The predicted octanol–water partition coefficient (Wildman–Crippen LogP) is 3.66. The topological polar surface area (TPSA) is 33.2 Å². The van der Waals surface area contributed by atoms with Gasteiger partial charge in [0.1, 0.15) is 0 Å². The van der Waals surface area contributed by atoms with Gasteiger partial charge in [0.05, 0.1) is 5.01 Å². The highest BCUT2D eigenvalue weighted by atomic mass is 32.1. The molecule has 0 radical (unpaired) electrons. The first-order chi connectivity index (χ1) is 10.2. The number of nitrogens with zero attached hydrogens (tertiary/aromatic N) is 2. The molecule has 0 aliphatic heterocycles. The number of thiazole rings is 1. The predicted molar refractivity (Wildman–Crippen MR) is 85.9 cm³/mol. The minimum absolute atomic E-state index is 0.0902. The van der Waals surface area contributed by atoms with Gasteiger partial charge in [0, 0.05) is 29.7 Å². The molecule has 2 aromatic rings. The van der Waals surface area contributed by atoms with Crippen molar-refractivity contribution < 1.29 is 4.79 Å². The molecule has 0 spiro atoms. The summed E-state index contributed by atoms with van der Waals surface area (Å²) in [7, 11) is 0. The number of benzene rings is 1. The van der Waals surface area contributed by atoms with Crippen molar-refractivity contribution in [2.75, 3.05) is 0 Å². The Morgan fingerprint density at radius 1 is 1.38 bits per heavy atom. The minimum Gasteiger partial charge on any atom is -0.332 e. The molecule has 21 heavy (non-hydrogen) atoms. The van der Waals surface area contributed by atoms with Crippen molar-refractivity contribution in [1.29, 1.82) is 0 Å². The van der Waals surface area contributed by atoms with Gasteiger partial charge in [-0.05, 0) is 31.4 Å². The Labute approximate surface area is 128 Å². The second-order valence-electron chi connectivity index (χ2n) is 5.30. The normalized spacial score (nSPS) is 14.5. The molecule has 1 aromatic heterocycles. The summed E-state index contributed by atoms with van der Waals surface area (Å²) in [6.07, 6.45) is 7.59. The fourth-order valence-electron chi connectivity index (χ4n) is 2.26. The van der Waals surface area contributed by atoms with E-state index in [1.54, 1.807) is 17.4 Å². The summed E-state index contributed by atoms with van der Waals surface area (Å²) in [5.41, 5.74) is 1.18. The maximum atomic E-state index is 12.4. The zero-order valence-corrected chi connectivity index (χ0v) is 12.8. The van der Waals surface area contributed by atoms with Crippen LogP contribution in [-0.2, 0) is 11.3 Å². The molecule has 0 N–H and O–H groups in total. The first-order valence-electron chi connectivity index (χ1n) is 7.17. The highest BCUT2D eigenvalue weighted by molar-refractivity contribution is 7.12. The van der Waals surface area contributed by atoms with E-state index < -0.39 is 0 Å². The lowest BCUT2D eigenvalue weighted by atomic mass is 10.2. The van der Waals surface area contributed by atoms with Crippen LogP contribution in [0.5, 0.6) is 0 Å². The van der Waals surface area contributed by atoms with Crippen LogP contribution >= 0.6 is 11.3 Å². The summed E-state index contributed by atoms with van der Waals surface area (Å²) in [4.78, 5) is 19.6. The molecule has 3 rings (SSSR count). The van der Waals surface area contributed by atoms with Gasteiger partial charge < -0.3 is 4.90 Å². The molecule has 4 heteroatoms. The van der Waals surface area contributed by atoms with Crippen molar-refractivity contribution in [2.45, 2.75) is 32.4 Å². The summed E-state index contributed by atoms with van der Waals surface area (Å²) in [6, 6.07) is 10.6. The Morgan fingerprint density at radius 3 is 2.76 bits per heavy atom. The molecule has 1 saturated carbocycles. The summed E-state index contributed by atoms with van der Waals surface area (Å²) in [5.74, 6) is 0.0902. The zero-order valence-electron chi connectivity index (χ0n) is 12.0. The number of hydrogen-bond donors (Lipinski definition) is 0. The van der Waals surface area contributed by atoms with Gasteiger partial charge in [-0.1, -0.05) is 30.3 Å². The SMILES string of the molecule is Cc1ncc(/C=C/C(=O)N(Cc2ccccc2)C2CC2)s1. The van der Waals surface area contributed by atoms with Crippen LogP contribution in [0.4, 0.5) is 0 Å². The van der Waals surface area contributed by atoms with Crippen LogP contribution in [0.2, 0.25) is 0 Å². The summed E-state index contributed by atoms with van der Waals surface area (Å²) in [5, 5.41) is 1.02. The van der Waals surface area contributed by atoms with E-state index in [0.29, 0.717) is 12.6 Å². The van der Waals surface area contributed by atoms with E-state index in [9.17, 15) is 4.79 Å². The zero-order chi connectivity index (χ0) is 14.7. The van der Waals surface area contributed by atoms with E-state index >= 15 is 0 Å². The lowest BCUT2D eigenvalue weighted by Gasteiger charge is -2.20. The second-order valence-corrected chi connectivity index (χ2v) is 6.56. The fourth-order valence-corrected chi connectivity index (χ4v) is 2.95. The number of rotatable bonds is 5. The van der Waals surface area contributed by atoms with Crippen LogP contribution in [0.3, 0.4) is 0 Å². The molecule has 0 atom stereocenters. The standard InChI is InChI=1S/C17H18N2OS/c1-13-18-11-16(21-13)9-10-17(20)19(15-7-8-15)12-14-5-3-2-4-6-14/h2-6,9-11,15H,7-8,12H2,1H3/b10-9+. The Kier molecular flexibility index (Phi) is 4.15. The number of aromatic nitrogens is 1. The van der Waals surface area contributed by atoms with E-state index in [4.69, 9.17) is 0 Å². The van der Waals surface area contributed by atoms with Crippen molar-refractivity contribution in [3.63, 3.8) is 0 Å². The van der Waals surface area contributed by atoms with E-state index in [1.807, 2.05) is 42.3 Å². The van der Waals surface area contributed by atoms with Gasteiger partial charge in [-0.2, -0.15) is 0 Å². The third kappa shape index (κ3) is 3.79. The van der Waals surface area contributed by atoms with Gasteiger partial charge in [0.15, 0.2) is 0 Å². The Balaban J connectivity index is 1.69. The molecule has 1 aromatic carbocycles. The average Bonchev–Trinajstić information content (AvgIpc) is 3.25. The third-order valence-corrected chi connectivity index (χ3v) is 4.37. The molecular weight excluding hydrogens is 280 g/mol. The number of aryl methyl sites for hydroxylation is 1. The van der Waals surface area contributed by atoms with Crippen LogP contribution in [0.25, 0.3) is 6.08 Å². The number of hydrogen-bond acceptors (Lipinski definition) is 3. The second kappa shape index (κ2) is 6.22. The first-order valence-corrected chi connectivity index (χ1v) is 7.99. The summed E-state index contributed by atoms with van der Waals surface area (Å²) >= 11 is 1.60. The molecule has 1 fully saturated rings. The molecule has 3 nitrogen and oxygen atoms in total. The number of amides is 1. The monoisotopic (exact) mass is 298 g/mol. The quantitative estimate of drug-likeness (QED) is 0.789. The lowest BCUT2D eigenvalue weighted by Crippen LogP contribution is -2.31. The molecule has 1 aliphatic carbocycles. The van der Waals surface area contributed by atoms with Crippen LogP contribution in [-0.4, -0.2) is 21.8 Å². The van der Waals surface area contributed by atoms with Gasteiger partial charge in [-0.3, -0.25) is 4.79 Å². The van der Waals surface area contributed by atoms with E-state index in [0.717, 1.165) is 22.7 Å². The number of carbonyl (C=O) groups excluding carboxylic acids is 1. The van der Waals surface area contributed by atoms with Crippen molar-refractivity contribution in [1.82, 2.24) is 9.88 Å². The van der Waals surface area contributed by atoms with Crippen LogP contribution < -0.4 is 0 Å². The molecule has 1 amide bonds. The van der Waals surface area contributed by atoms with Gasteiger partial charge >= 0.3 is 0 Å². The number of carbonyl (C=O) groups is 1. The van der Waals surface area contributed by atoms with Gasteiger partial charge in [0.25, 0.3) is 0 Å². The molecule has 1 aliphatic rings. The molecular formula is C17H18N2OS. The van der Waals surface area contributed by atoms with Crippen LogP contribution in [0.15, 0.2) is 42.6 Å². The lowest BCUT2D eigenvalue weighted by molar-refractivity contribution is -0.127. The third-order valence-electron chi connectivity index (χ3n) is 3.50. The Hall–Kier alpha value is -1.94. The molecule has 0 bridgehead atoms. The van der Waals surface area contributed by atoms with Crippen molar-refractivity contribution in [2.24, 2.45) is 0 Å². The summed E-state index contributed by atoms with van der Waals surface area (Å²) < 4.78 is 0. The van der Waals surface area contributed by atoms with E-state index in [-0.39, 0.29) is 5.91 Å². The highest BCUT2D eigenvalue weighted by Gasteiger charge is 2.31. The Bertz CT molecular complexity index is 644. The van der Waals surface area contributed by atoms with E-state index in [1.165, 1.54) is 5.56 Å². The maximum absolute atomic E-state index is 12.4. The van der Waals surface area contributed by atoms with Crippen molar-refractivity contribution in [3.8, 4) is 0 Å². The average molecular weight is 298 g/mol. The van der Waals surface area contributed by atoms with E-state index in [2.05, 4.69) is 17.1 Å². The van der Waals surface area contributed by atoms with Crippen molar-refractivity contribution in [3.05, 3.63) is 58.1 Å². The molecule has 0 unspecified atom stereocenters. The first kappa shape index (κ1) is 14.0. The van der Waals surface area contributed by atoms with Crippen LogP contribution in [0, 0.1) is 6.92 Å². The van der Waals surface area contributed by atoms with Gasteiger partial charge in [-0.25, -0.2) is 4.98 Å².